The summed E-state index contributed by atoms with van der Waals surface area (Å²) in [4.78, 5) is 57.6. The molecule has 0 unspecified atom stereocenters. The first-order valence-electron chi connectivity index (χ1n) is 11.8. The largest absolute Gasteiger partial charge is 0.458 e. The molecule has 0 aliphatic rings. The van der Waals surface area contributed by atoms with Crippen LogP contribution in [0.3, 0.4) is 0 Å². The minimum Gasteiger partial charge on any atom is -0.458 e. The number of rotatable bonds is 15. The Labute approximate surface area is 218 Å². The lowest BCUT2D eigenvalue weighted by atomic mass is 10.0. The van der Waals surface area contributed by atoms with Crippen LogP contribution in [0, 0.1) is 0 Å². The van der Waals surface area contributed by atoms with Gasteiger partial charge in [-0.2, -0.15) is 0 Å². The Morgan fingerprint density at radius 2 is 1.41 bits per heavy atom. The molecular formula is C28H38O9. The van der Waals surface area contributed by atoms with Crippen molar-refractivity contribution in [3.63, 3.8) is 0 Å². The Hall–Kier alpha value is -3.75. The van der Waals surface area contributed by atoms with E-state index in [1.807, 2.05) is 26.8 Å². The van der Waals surface area contributed by atoms with E-state index in [9.17, 15) is 24.0 Å². The van der Waals surface area contributed by atoms with Gasteiger partial charge in [-0.25, -0.2) is 0 Å². The molecule has 0 heterocycles. The maximum atomic E-state index is 11.8. The van der Waals surface area contributed by atoms with Crippen molar-refractivity contribution in [2.45, 2.75) is 86.4 Å². The zero-order chi connectivity index (χ0) is 28.4. The van der Waals surface area contributed by atoms with E-state index in [0.717, 1.165) is 30.9 Å². The first kappa shape index (κ1) is 33.2. The summed E-state index contributed by atoms with van der Waals surface area (Å²) >= 11 is 0. The normalized spacial score (nSPS) is 13.9. The second kappa shape index (κ2) is 18.5. The van der Waals surface area contributed by atoms with Gasteiger partial charge < -0.3 is 18.9 Å². The summed E-state index contributed by atoms with van der Waals surface area (Å²) in [5.74, 6) is -2.28. The summed E-state index contributed by atoms with van der Waals surface area (Å²) in [6.07, 6.45) is 9.70. The van der Waals surface area contributed by atoms with Crippen LogP contribution in [0.4, 0.5) is 0 Å². The van der Waals surface area contributed by atoms with Crippen molar-refractivity contribution in [3.05, 3.63) is 59.1 Å². The second-order valence-corrected chi connectivity index (χ2v) is 8.56. The Bertz CT molecular complexity index is 960. The zero-order valence-corrected chi connectivity index (χ0v) is 22.7. The van der Waals surface area contributed by atoms with Gasteiger partial charge in [-0.3, -0.25) is 24.0 Å². The van der Waals surface area contributed by atoms with E-state index >= 15 is 0 Å². The van der Waals surface area contributed by atoms with E-state index in [1.54, 1.807) is 6.08 Å². The van der Waals surface area contributed by atoms with Crippen LogP contribution < -0.4 is 0 Å². The van der Waals surface area contributed by atoms with Crippen molar-refractivity contribution in [3.8, 4) is 0 Å². The van der Waals surface area contributed by atoms with E-state index in [1.165, 1.54) is 39.3 Å². The van der Waals surface area contributed by atoms with Crippen LogP contribution in [0.15, 0.2) is 59.1 Å². The lowest BCUT2D eigenvalue weighted by Gasteiger charge is -2.18. The third-order valence-corrected chi connectivity index (χ3v) is 4.60. The van der Waals surface area contributed by atoms with Crippen molar-refractivity contribution in [2.75, 3.05) is 0 Å². The number of esters is 4. The maximum Gasteiger partial charge on any atom is 0.307 e. The van der Waals surface area contributed by atoms with E-state index in [2.05, 4.69) is 6.08 Å². The van der Waals surface area contributed by atoms with Crippen LogP contribution in [0.5, 0.6) is 0 Å². The summed E-state index contributed by atoms with van der Waals surface area (Å²) in [5, 5.41) is 0. The second-order valence-electron chi connectivity index (χ2n) is 8.56. The fourth-order valence-corrected chi connectivity index (χ4v) is 3.04. The van der Waals surface area contributed by atoms with E-state index < -0.39 is 36.1 Å². The SMILES string of the molecule is CC(=O)O/C=C(/C=C/OC(C)=O)[C@@H](C/C=C(/C=O)C[C@@H](/C=C(\C)CCC=C(C)C)OC(C)=O)OC(C)=O. The fraction of sp³-hybridized carbons (Fsp3) is 0.464. The molecule has 0 aliphatic heterocycles. The molecule has 0 rings (SSSR count). The highest BCUT2D eigenvalue weighted by Gasteiger charge is 2.18. The van der Waals surface area contributed by atoms with Crippen molar-refractivity contribution in [1.29, 1.82) is 0 Å². The van der Waals surface area contributed by atoms with Crippen molar-refractivity contribution in [2.24, 2.45) is 0 Å². The molecule has 0 amide bonds. The van der Waals surface area contributed by atoms with Crippen LogP contribution in [-0.4, -0.2) is 42.4 Å². The first-order valence-corrected chi connectivity index (χ1v) is 11.8. The molecule has 0 N–H and O–H groups in total. The number of carbonyl (C=O) groups is 5. The Kier molecular flexibility index (Phi) is 16.6. The maximum absolute atomic E-state index is 11.8. The molecule has 9 nitrogen and oxygen atoms in total. The van der Waals surface area contributed by atoms with Crippen LogP contribution in [0.2, 0.25) is 0 Å². The average molecular weight is 519 g/mol. The first-order chi connectivity index (χ1) is 17.3. The molecule has 0 aromatic carbocycles. The summed E-state index contributed by atoms with van der Waals surface area (Å²) in [7, 11) is 0. The zero-order valence-electron chi connectivity index (χ0n) is 22.7. The molecule has 0 radical (unpaired) electrons. The van der Waals surface area contributed by atoms with Crippen molar-refractivity contribution < 1.29 is 42.9 Å². The quantitative estimate of drug-likeness (QED) is 0.0562. The molecule has 0 aromatic rings. The highest BCUT2D eigenvalue weighted by atomic mass is 16.6. The average Bonchev–Trinajstić information content (AvgIpc) is 2.76. The van der Waals surface area contributed by atoms with Crippen molar-refractivity contribution in [1.82, 2.24) is 0 Å². The van der Waals surface area contributed by atoms with Gasteiger partial charge in [-0.05, 0) is 51.3 Å². The summed E-state index contributed by atoms with van der Waals surface area (Å²) < 4.78 is 20.4. The molecule has 0 bridgehead atoms. The minimum absolute atomic E-state index is 0.0290. The molecule has 0 aliphatic carbocycles. The van der Waals surface area contributed by atoms with Gasteiger partial charge in [0.1, 0.15) is 24.8 Å². The number of hydrogen-bond donors (Lipinski definition) is 0. The smallest absolute Gasteiger partial charge is 0.307 e. The third-order valence-electron chi connectivity index (χ3n) is 4.60. The van der Waals surface area contributed by atoms with Crippen LogP contribution in [0.1, 0.15) is 74.1 Å². The van der Waals surface area contributed by atoms with Gasteiger partial charge in [0, 0.05) is 46.1 Å². The minimum atomic E-state index is -0.966. The summed E-state index contributed by atoms with van der Waals surface area (Å²) in [5.41, 5.74) is 2.74. The lowest BCUT2D eigenvalue weighted by Crippen LogP contribution is -2.19. The molecular weight excluding hydrogens is 480 g/mol. The van der Waals surface area contributed by atoms with Crippen molar-refractivity contribution >= 4 is 30.2 Å². The van der Waals surface area contributed by atoms with Gasteiger partial charge >= 0.3 is 23.9 Å². The number of hydrogen-bond acceptors (Lipinski definition) is 9. The van der Waals surface area contributed by atoms with Gasteiger partial charge in [0.2, 0.25) is 0 Å². The number of aldehydes is 1. The molecule has 37 heavy (non-hydrogen) atoms. The lowest BCUT2D eigenvalue weighted by molar-refractivity contribution is -0.145. The van der Waals surface area contributed by atoms with Gasteiger partial charge in [-0.1, -0.05) is 23.3 Å². The number of carbonyl (C=O) groups excluding carboxylic acids is 5. The van der Waals surface area contributed by atoms with Gasteiger partial charge in [0.15, 0.2) is 0 Å². The highest BCUT2D eigenvalue weighted by Crippen LogP contribution is 2.19. The Morgan fingerprint density at radius 1 is 0.784 bits per heavy atom. The molecule has 0 fully saturated rings. The summed E-state index contributed by atoms with van der Waals surface area (Å²) in [6, 6.07) is 0. The topological polar surface area (TPSA) is 122 Å². The predicted molar refractivity (Wildman–Crippen MR) is 138 cm³/mol. The Balaban J connectivity index is 5.91. The van der Waals surface area contributed by atoms with E-state index in [4.69, 9.17) is 18.9 Å². The van der Waals surface area contributed by atoms with Gasteiger partial charge in [-0.15, -0.1) is 0 Å². The van der Waals surface area contributed by atoms with E-state index in [-0.39, 0.29) is 18.4 Å². The number of allylic oxidation sites excluding steroid dienone is 3. The third kappa shape index (κ3) is 18.2. The fourth-order valence-electron chi connectivity index (χ4n) is 3.04. The number of ether oxygens (including phenoxy) is 4. The molecule has 0 saturated heterocycles. The highest BCUT2D eigenvalue weighted by molar-refractivity contribution is 5.74. The van der Waals surface area contributed by atoms with Crippen LogP contribution in [-0.2, 0) is 42.9 Å². The predicted octanol–water partition coefficient (Wildman–Crippen LogP) is 4.97. The van der Waals surface area contributed by atoms with Gasteiger partial charge in [0.25, 0.3) is 0 Å². The monoisotopic (exact) mass is 518 g/mol. The van der Waals surface area contributed by atoms with Gasteiger partial charge in [0.05, 0.1) is 6.26 Å². The van der Waals surface area contributed by atoms with E-state index in [0.29, 0.717) is 11.9 Å². The Morgan fingerprint density at radius 3 is 1.92 bits per heavy atom. The standard InChI is InChI=1S/C28H38O9/c1-19(2)9-8-10-20(3)15-27(36-23(6)32)16-25(17-29)11-12-28(37-24(7)33)26(18-35-22(5)31)13-14-34-21(4)30/h9,11,13-15,17-18,27-28H,8,10,12,16H2,1-7H3/b14-13+,20-15+,25-11+,26-18-/t27-,28-/m1/s1. The molecule has 0 saturated carbocycles. The van der Waals surface area contributed by atoms with Crippen LogP contribution >= 0.6 is 0 Å². The molecule has 0 aromatic heterocycles. The molecule has 2 atom stereocenters. The molecule has 204 valence electrons. The summed E-state index contributed by atoms with van der Waals surface area (Å²) in [6.45, 7) is 10.9. The molecule has 0 spiro atoms. The molecule has 9 heteroatoms. The van der Waals surface area contributed by atoms with Crippen LogP contribution in [0.25, 0.3) is 0 Å².